The highest BCUT2D eigenvalue weighted by Gasteiger charge is 2.36. The second-order valence-electron chi connectivity index (χ2n) is 3.04. The Morgan fingerprint density at radius 1 is 0.882 bits per heavy atom. The predicted molar refractivity (Wildman–Crippen MR) is 58.3 cm³/mol. The average Bonchev–Trinajstić information content (AvgIpc) is 2.27. The first-order valence-electron chi connectivity index (χ1n) is 5.52. The molecular weight excluding hydrogens is 228 g/mol. The van der Waals surface area contributed by atoms with E-state index >= 15 is 0 Å². The molecule has 0 unspecified atom stereocenters. The summed E-state index contributed by atoms with van der Waals surface area (Å²) in [4.78, 5) is 34.5. The van der Waals surface area contributed by atoms with E-state index in [9.17, 15) is 14.4 Å². The summed E-state index contributed by atoms with van der Waals surface area (Å²) in [6.07, 6.45) is 0. The van der Waals surface area contributed by atoms with Crippen LogP contribution < -0.4 is 0 Å². The van der Waals surface area contributed by atoms with Crippen molar-refractivity contribution in [3.05, 3.63) is 0 Å². The number of esters is 2. The third-order valence-electron chi connectivity index (χ3n) is 1.82. The van der Waals surface area contributed by atoms with E-state index in [1.807, 2.05) is 0 Å². The number of hydrogen-bond acceptors (Lipinski definition) is 6. The van der Waals surface area contributed by atoms with E-state index in [2.05, 4.69) is 9.47 Å². The van der Waals surface area contributed by atoms with Gasteiger partial charge in [-0.25, -0.2) is 0 Å². The van der Waals surface area contributed by atoms with Crippen LogP contribution in [-0.2, 0) is 28.6 Å². The molecule has 0 N–H and O–H groups in total. The molecule has 0 bridgehead atoms. The number of Topliss-reactive ketones (excluding diaryl/α,β-unsaturated/α-hetero) is 1. The Kier molecular flexibility index (Phi) is 7.96. The summed E-state index contributed by atoms with van der Waals surface area (Å²) in [5, 5.41) is 0. The lowest BCUT2D eigenvalue weighted by Gasteiger charge is -2.13. The molecule has 0 heterocycles. The van der Waals surface area contributed by atoms with Crippen LogP contribution in [0.3, 0.4) is 0 Å². The zero-order valence-corrected chi connectivity index (χ0v) is 10.4. The number of ketones is 1. The molecule has 0 aromatic carbocycles. The molecule has 6 heteroatoms. The molecule has 0 radical (unpaired) electrons. The van der Waals surface area contributed by atoms with Crippen molar-refractivity contribution in [1.29, 1.82) is 0 Å². The number of rotatable bonds is 8. The smallest absolute Gasteiger partial charge is 0.328 e. The Morgan fingerprint density at radius 3 is 1.71 bits per heavy atom. The van der Waals surface area contributed by atoms with Gasteiger partial charge in [-0.1, -0.05) is 0 Å². The first kappa shape index (κ1) is 15.6. The van der Waals surface area contributed by atoms with Gasteiger partial charge >= 0.3 is 11.9 Å². The van der Waals surface area contributed by atoms with E-state index < -0.39 is 23.6 Å². The molecule has 0 aliphatic heterocycles. The van der Waals surface area contributed by atoms with Gasteiger partial charge in [0.15, 0.2) is 5.78 Å². The molecule has 0 aromatic rings. The molecule has 0 amide bonds. The summed E-state index contributed by atoms with van der Waals surface area (Å²) >= 11 is 0. The molecule has 0 aliphatic carbocycles. The Hall–Kier alpha value is -1.43. The summed E-state index contributed by atoms with van der Waals surface area (Å²) in [6, 6.07) is 0. The average molecular weight is 246 g/mol. The largest absolute Gasteiger partial charge is 0.465 e. The van der Waals surface area contributed by atoms with Gasteiger partial charge in [0.05, 0.1) is 13.2 Å². The highest BCUT2D eigenvalue weighted by Crippen LogP contribution is 2.06. The summed E-state index contributed by atoms with van der Waals surface area (Å²) in [7, 11) is 0. The van der Waals surface area contributed by atoms with Gasteiger partial charge < -0.3 is 14.2 Å². The van der Waals surface area contributed by atoms with Crippen molar-refractivity contribution in [2.75, 3.05) is 26.4 Å². The van der Waals surface area contributed by atoms with Crippen LogP contribution in [0.1, 0.15) is 20.8 Å². The zero-order valence-electron chi connectivity index (χ0n) is 10.4. The maximum atomic E-state index is 11.6. The van der Waals surface area contributed by atoms with E-state index in [1.165, 1.54) is 0 Å². The molecule has 0 saturated carbocycles. The molecule has 98 valence electrons. The van der Waals surface area contributed by atoms with Crippen molar-refractivity contribution in [2.45, 2.75) is 20.8 Å². The van der Waals surface area contributed by atoms with E-state index in [0.29, 0.717) is 6.61 Å². The third kappa shape index (κ3) is 5.44. The van der Waals surface area contributed by atoms with E-state index in [1.54, 1.807) is 20.8 Å². The number of carbonyl (C=O) groups excluding carboxylic acids is 3. The van der Waals surface area contributed by atoms with Crippen molar-refractivity contribution < 1.29 is 28.6 Å². The number of ether oxygens (including phenoxy) is 3. The third-order valence-corrected chi connectivity index (χ3v) is 1.82. The SMILES string of the molecule is CCOCC(=O)C(C(=O)OCC)C(=O)OCC. The lowest BCUT2D eigenvalue weighted by Crippen LogP contribution is -2.37. The van der Waals surface area contributed by atoms with Crippen LogP contribution in [-0.4, -0.2) is 44.1 Å². The van der Waals surface area contributed by atoms with Crippen molar-refractivity contribution >= 4 is 17.7 Å². The lowest BCUT2D eigenvalue weighted by molar-refractivity contribution is -0.165. The zero-order chi connectivity index (χ0) is 13.3. The Balaban J connectivity index is 4.65. The van der Waals surface area contributed by atoms with Gasteiger partial charge in [0.25, 0.3) is 0 Å². The van der Waals surface area contributed by atoms with Gasteiger partial charge in [-0.3, -0.25) is 14.4 Å². The maximum absolute atomic E-state index is 11.6. The molecule has 6 nitrogen and oxygen atoms in total. The van der Waals surface area contributed by atoms with Gasteiger partial charge in [0.1, 0.15) is 6.61 Å². The molecule has 0 fully saturated rings. The van der Waals surface area contributed by atoms with Crippen LogP contribution in [0, 0.1) is 5.92 Å². The van der Waals surface area contributed by atoms with Crippen LogP contribution in [0.4, 0.5) is 0 Å². The van der Waals surface area contributed by atoms with Gasteiger partial charge in [-0.15, -0.1) is 0 Å². The summed E-state index contributed by atoms with van der Waals surface area (Å²) in [5.41, 5.74) is 0. The normalized spacial score (nSPS) is 10.1. The molecule has 0 aliphatic rings. The predicted octanol–water partition coefficient (Wildman–Crippen LogP) is 0.334. The monoisotopic (exact) mass is 246 g/mol. The summed E-state index contributed by atoms with van der Waals surface area (Å²) in [6.45, 7) is 5.09. The summed E-state index contributed by atoms with van der Waals surface area (Å²) < 4.78 is 14.2. The van der Waals surface area contributed by atoms with Crippen molar-refractivity contribution in [2.24, 2.45) is 5.92 Å². The summed E-state index contributed by atoms with van der Waals surface area (Å²) in [5.74, 6) is -3.98. The second-order valence-corrected chi connectivity index (χ2v) is 3.04. The van der Waals surface area contributed by atoms with E-state index in [-0.39, 0.29) is 19.8 Å². The second kappa shape index (κ2) is 8.69. The highest BCUT2D eigenvalue weighted by atomic mass is 16.6. The van der Waals surface area contributed by atoms with Gasteiger partial charge in [-0.2, -0.15) is 0 Å². The van der Waals surface area contributed by atoms with Gasteiger partial charge in [0, 0.05) is 6.61 Å². The molecule has 0 rings (SSSR count). The van der Waals surface area contributed by atoms with Crippen LogP contribution in [0.5, 0.6) is 0 Å². The first-order valence-corrected chi connectivity index (χ1v) is 5.52. The van der Waals surface area contributed by atoms with Crippen molar-refractivity contribution in [1.82, 2.24) is 0 Å². The Bertz CT molecular complexity index is 255. The fourth-order valence-electron chi connectivity index (χ4n) is 1.10. The minimum Gasteiger partial charge on any atom is -0.465 e. The fourth-order valence-corrected chi connectivity index (χ4v) is 1.10. The van der Waals surface area contributed by atoms with Crippen LogP contribution in [0.25, 0.3) is 0 Å². The van der Waals surface area contributed by atoms with E-state index in [4.69, 9.17) is 4.74 Å². The molecule has 0 aromatic heterocycles. The Labute approximate surface area is 100 Å². The van der Waals surface area contributed by atoms with Crippen LogP contribution in [0.15, 0.2) is 0 Å². The Morgan fingerprint density at radius 2 is 1.35 bits per heavy atom. The topological polar surface area (TPSA) is 78.9 Å². The molecule has 0 spiro atoms. The van der Waals surface area contributed by atoms with Crippen molar-refractivity contribution in [3.8, 4) is 0 Å². The maximum Gasteiger partial charge on any atom is 0.328 e. The molecule has 17 heavy (non-hydrogen) atoms. The first-order chi connectivity index (χ1) is 8.08. The standard InChI is InChI=1S/C11H18O6/c1-4-15-7-8(12)9(10(13)16-5-2)11(14)17-6-3/h9H,4-7H2,1-3H3. The molecule has 0 saturated heterocycles. The minimum absolute atomic E-state index is 0.0939. The fraction of sp³-hybridized carbons (Fsp3) is 0.727. The number of carbonyl (C=O) groups is 3. The quantitative estimate of drug-likeness (QED) is 0.453. The number of hydrogen-bond donors (Lipinski definition) is 0. The molecular formula is C11H18O6. The van der Waals surface area contributed by atoms with E-state index in [0.717, 1.165) is 0 Å². The van der Waals surface area contributed by atoms with Gasteiger partial charge in [0.2, 0.25) is 5.92 Å². The lowest BCUT2D eigenvalue weighted by atomic mass is 10.1. The van der Waals surface area contributed by atoms with Crippen LogP contribution >= 0.6 is 0 Å². The van der Waals surface area contributed by atoms with Crippen molar-refractivity contribution in [3.63, 3.8) is 0 Å². The van der Waals surface area contributed by atoms with Gasteiger partial charge in [-0.05, 0) is 20.8 Å². The molecule has 0 atom stereocenters. The highest BCUT2D eigenvalue weighted by molar-refractivity contribution is 6.15. The van der Waals surface area contributed by atoms with Crippen LogP contribution in [0.2, 0.25) is 0 Å². The minimum atomic E-state index is -1.54.